The van der Waals surface area contributed by atoms with E-state index in [-0.39, 0.29) is 18.5 Å². The molecule has 1 fully saturated rings. The number of nitrogens with zero attached hydrogens (tertiary/aromatic N) is 1. The van der Waals surface area contributed by atoms with E-state index in [1.54, 1.807) is 24.3 Å². The zero-order valence-electron chi connectivity index (χ0n) is 14.8. The quantitative estimate of drug-likeness (QED) is 0.862. The number of hydrogen-bond acceptors (Lipinski definition) is 3. The first-order valence-corrected chi connectivity index (χ1v) is 8.75. The number of carbonyl (C=O) groups excluding carboxylic acids is 2. The van der Waals surface area contributed by atoms with Gasteiger partial charge in [-0.3, -0.25) is 4.79 Å². The highest BCUT2D eigenvalue weighted by atomic mass is 16.5. The summed E-state index contributed by atoms with van der Waals surface area (Å²) in [4.78, 5) is 25.8. The third-order valence-electron chi connectivity index (χ3n) is 4.24. The molecule has 1 saturated heterocycles. The van der Waals surface area contributed by atoms with E-state index in [0.717, 1.165) is 37.2 Å². The molecular weight excluding hydrogens is 330 g/mol. The second-order valence-corrected chi connectivity index (χ2v) is 6.35. The van der Waals surface area contributed by atoms with Gasteiger partial charge in [0.2, 0.25) is 0 Å². The molecule has 0 aliphatic carbocycles. The standard InChI is InChI=1S/C20H23N3O3/c1-15-4-6-16(7-5-15)21-20(25)22-17-8-10-18(11-9-17)26-14-19(24)23-12-2-3-13-23/h4-11H,2-3,12-14H2,1H3,(H2,21,22,25). The number of amides is 3. The number of rotatable bonds is 5. The van der Waals surface area contributed by atoms with Gasteiger partial charge >= 0.3 is 6.03 Å². The molecule has 0 spiro atoms. The van der Waals surface area contributed by atoms with Gasteiger partial charge in [-0.1, -0.05) is 17.7 Å². The lowest BCUT2D eigenvalue weighted by Crippen LogP contribution is -2.32. The van der Waals surface area contributed by atoms with Gasteiger partial charge in [-0.05, 0) is 56.2 Å². The van der Waals surface area contributed by atoms with Crippen LogP contribution in [0.5, 0.6) is 5.75 Å². The van der Waals surface area contributed by atoms with Crippen LogP contribution in [0.2, 0.25) is 0 Å². The van der Waals surface area contributed by atoms with Crippen LogP contribution >= 0.6 is 0 Å². The molecule has 6 heteroatoms. The fraction of sp³-hybridized carbons (Fsp3) is 0.300. The Morgan fingerprint density at radius 2 is 1.46 bits per heavy atom. The summed E-state index contributed by atoms with van der Waals surface area (Å²) in [6, 6.07) is 14.2. The van der Waals surface area contributed by atoms with Crippen LogP contribution in [-0.2, 0) is 4.79 Å². The molecule has 2 aromatic carbocycles. The summed E-state index contributed by atoms with van der Waals surface area (Å²) in [7, 11) is 0. The molecule has 0 saturated carbocycles. The van der Waals surface area contributed by atoms with Crippen molar-refractivity contribution in [2.24, 2.45) is 0 Å². The maximum absolute atomic E-state index is 12.0. The smallest absolute Gasteiger partial charge is 0.323 e. The number of ether oxygens (including phenoxy) is 1. The minimum Gasteiger partial charge on any atom is -0.484 e. The fourth-order valence-electron chi connectivity index (χ4n) is 2.77. The summed E-state index contributed by atoms with van der Waals surface area (Å²) in [6.07, 6.45) is 2.13. The van der Waals surface area contributed by atoms with Gasteiger partial charge in [0.05, 0.1) is 0 Å². The molecule has 0 atom stereocenters. The van der Waals surface area contributed by atoms with E-state index in [2.05, 4.69) is 10.6 Å². The highest BCUT2D eigenvalue weighted by molar-refractivity contribution is 5.99. The lowest BCUT2D eigenvalue weighted by atomic mass is 10.2. The van der Waals surface area contributed by atoms with Crippen LogP contribution in [0.25, 0.3) is 0 Å². The summed E-state index contributed by atoms with van der Waals surface area (Å²) >= 11 is 0. The molecule has 26 heavy (non-hydrogen) atoms. The van der Waals surface area contributed by atoms with E-state index in [1.807, 2.05) is 36.1 Å². The second kappa shape index (κ2) is 8.38. The SMILES string of the molecule is Cc1ccc(NC(=O)Nc2ccc(OCC(=O)N3CCCC3)cc2)cc1. The first-order chi connectivity index (χ1) is 12.6. The topological polar surface area (TPSA) is 70.7 Å². The first-order valence-electron chi connectivity index (χ1n) is 8.75. The van der Waals surface area contributed by atoms with Crippen LogP contribution in [-0.4, -0.2) is 36.5 Å². The molecule has 1 heterocycles. The van der Waals surface area contributed by atoms with Crippen molar-refractivity contribution < 1.29 is 14.3 Å². The number of benzene rings is 2. The van der Waals surface area contributed by atoms with E-state index in [9.17, 15) is 9.59 Å². The van der Waals surface area contributed by atoms with Crippen LogP contribution in [0, 0.1) is 6.92 Å². The van der Waals surface area contributed by atoms with E-state index in [1.165, 1.54) is 0 Å². The molecule has 1 aliphatic heterocycles. The Hall–Kier alpha value is -3.02. The average Bonchev–Trinajstić information content (AvgIpc) is 3.17. The highest BCUT2D eigenvalue weighted by Crippen LogP contribution is 2.17. The number of aryl methyl sites for hydroxylation is 1. The highest BCUT2D eigenvalue weighted by Gasteiger charge is 2.18. The molecule has 0 aromatic heterocycles. The molecule has 136 valence electrons. The molecule has 2 aromatic rings. The van der Waals surface area contributed by atoms with Crippen LogP contribution in [0.1, 0.15) is 18.4 Å². The van der Waals surface area contributed by atoms with Crippen molar-refractivity contribution in [3.8, 4) is 5.75 Å². The number of urea groups is 1. The molecule has 1 aliphatic rings. The van der Waals surface area contributed by atoms with Crippen LogP contribution < -0.4 is 15.4 Å². The minimum atomic E-state index is -0.313. The van der Waals surface area contributed by atoms with Gasteiger partial charge in [0.1, 0.15) is 5.75 Å². The molecule has 0 unspecified atom stereocenters. The number of carbonyl (C=O) groups is 2. The van der Waals surface area contributed by atoms with E-state index < -0.39 is 0 Å². The van der Waals surface area contributed by atoms with Crippen molar-refractivity contribution >= 4 is 23.3 Å². The molecule has 0 radical (unpaired) electrons. The number of likely N-dealkylation sites (tertiary alicyclic amines) is 1. The van der Waals surface area contributed by atoms with E-state index in [0.29, 0.717) is 11.4 Å². The summed E-state index contributed by atoms with van der Waals surface area (Å²) in [5, 5.41) is 5.53. The third-order valence-corrected chi connectivity index (χ3v) is 4.24. The van der Waals surface area contributed by atoms with E-state index in [4.69, 9.17) is 4.74 Å². The van der Waals surface area contributed by atoms with Gasteiger partial charge < -0.3 is 20.3 Å². The van der Waals surface area contributed by atoms with Crippen molar-refractivity contribution in [3.63, 3.8) is 0 Å². The maximum Gasteiger partial charge on any atom is 0.323 e. The summed E-state index contributed by atoms with van der Waals surface area (Å²) in [5.74, 6) is 0.615. The van der Waals surface area contributed by atoms with Gasteiger partial charge in [-0.25, -0.2) is 4.79 Å². The largest absolute Gasteiger partial charge is 0.484 e. The van der Waals surface area contributed by atoms with Crippen molar-refractivity contribution in [3.05, 3.63) is 54.1 Å². The Bertz CT molecular complexity index is 751. The minimum absolute atomic E-state index is 0.0159. The average molecular weight is 353 g/mol. The molecule has 3 rings (SSSR count). The number of anilines is 2. The van der Waals surface area contributed by atoms with Gasteiger partial charge in [0.15, 0.2) is 6.61 Å². The molecule has 0 bridgehead atoms. The normalized spacial score (nSPS) is 13.3. The molecule has 3 amide bonds. The fourth-order valence-corrected chi connectivity index (χ4v) is 2.77. The predicted molar refractivity (Wildman–Crippen MR) is 102 cm³/mol. The van der Waals surface area contributed by atoms with Gasteiger partial charge in [-0.15, -0.1) is 0 Å². The van der Waals surface area contributed by atoms with Crippen LogP contribution in [0.4, 0.5) is 16.2 Å². The molecule has 6 nitrogen and oxygen atoms in total. The van der Waals surface area contributed by atoms with Gasteiger partial charge in [0, 0.05) is 24.5 Å². The van der Waals surface area contributed by atoms with E-state index >= 15 is 0 Å². The Kier molecular flexibility index (Phi) is 5.73. The second-order valence-electron chi connectivity index (χ2n) is 6.35. The first kappa shape index (κ1) is 17.8. The van der Waals surface area contributed by atoms with Crippen molar-refractivity contribution in [2.45, 2.75) is 19.8 Å². The van der Waals surface area contributed by atoms with Gasteiger partial charge in [0.25, 0.3) is 5.91 Å². The summed E-state index contributed by atoms with van der Waals surface area (Å²) in [6.45, 7) is 3.68. The monoisotopic (exact) mass is 353 g/mol. The Labute approximate surface area is 153 Å². The lowest BCUT2D eigenvalue weighted by molar-refractivity contribution is -0.132. The molecular formula is C20H23N3O3. The van der Waals surface area contributed by atoms with Crippen molar-refractivity contribution in [1.29, 1.82) is 0 Å². The number of nitrogens with one attached hydrogen (secondary N) is 2. The zero-order valence-corrected chi connectivity index (χ0v) is 14.8. The Balaban J connectivity index is 1.46. The summed E-state index contributed by atoms with van der Waals surface area (Å²) in [5.41, 5.74) is 2.51. The predicted octanol–water partition coefficient (Wildman–Crippen LogP) is 3.64. The van der Waals surface area contributed by atoms with Gasteiger partial charge in [-0.2, -0.15) is 0 Å². The van der Waals surface area contributed by atoms with Crippen molar-refractivity contribution in [2.75, 3.05) is 30.3 Å². The van der Waals surface area contributed by atoms with Crippen molar-refractivity contribution in [1.82, 2.24) is 4.90 Å². The lowest BCUT2D eigenvalue weighted by Gasteiger charge is -2.15. The maximum atomic E-state index is 12.0. The number of hydrogen-bond donors (Lipinski definition) is 2. The molecule has 2 N–H and O–H groups in total. The van der Waals surface area contributed by atoms with Crippen LogP contribution in [0.3, 0.4) is 0 Å². The third kappa shape index (κ3) is 4.99. The Morgan fingerprint density at radius 3 is 2.04 bits per heavy atom. The summed E-state index contributed by atoms with van der Waals surface area (Å²) < 4.78 is 5.53. The van der Waals surface area contributed by atoms with Crippen LogP contribution in [0.15, 0.2) is 48.5 Å². The zero-order chi connectivity index (χ0) is 18.4. The Morgan fingerprint density at radius 1 is 0.923 bits per heavy atom.